The molecule has 1 aliphatic rings. The third-order valence-corrected chi connectivity index (χ3v) is 6.52. The number of benzene rings is 2. The number of cyclic esters (lactones) is 1. The molecule has 200 valence electrons. The Hall–Kier alpha value is -3.42. The first-order chi connectivity index (χ1) is 18.1. The van der Waals surface area contributed by atoms with Crippen LogP contribution in [-0.2, 0) is 21.5 Å². The van der Waals surface area contributed by atoms with Crippen molar-refractivity contribution in [1.82, 2.24) is 15.6 Å². The maximum Gasteiger partial charge on any atom is 0.461 e. The van der Waals surface area contributed by atoms with E-state index >= 15 is 0 Å². The average Bonchev–Trinajstić information content (AvgIpc) is 3.28. The number of esters is 1. The molecular formula is C26H22F4IN3O4. The molecule has 2 atom stereocenters. The van der Waals surface area contributed by atoms with Gasteiger partial charge in [-0.25, -0.2) is 9.59 Å². The molecule has 1 aliphatic heterocycles. The number of amides is 2. The third kappa shape index (κ3) is 6.34. The Morgan fingerprint density at radius 2 is 1.89 bits per heavy atom. The molecule has 0 aliphatic carbocycles. The Balaban J connectivity index is 1.82. The largest absolute Gasteiger partial charge is 0.464 e. The maximum atomic E-state index is 13.7. The molecule has 4 rings (SSSR count). The molecule has 0 spiro atoms. The summed E-state index contributed by atoms with van der Waals surface area (Å²) in [6.07, 6.45) is -6.83. The van der Waals surface area contributed by atoms with Gasteiger partial charge in [-0.05, 0) is 58.0 Å². The predicted octanol–water partition coefficient (Wildman–Crippen LogP) is 5.02. The van der Waals surface area contributed by atoms with E-state index < -0.39 is 41.9 Å². The second kappa shape index (κ2) is 11.5. The lowest BCUT2D eigenvalue weighted by Gasteiger charge is -2.36. The van der Waals surface area contributed by atoms with Crippen molar-refractivity contribution < 1.29 is 36.6 Å². The zero-order chi connectivity index (χ0) is 27.3. The Morgan fingerprint density at radius 3 is 2.53 bits per heavy atom. The summed E-state index contributed by atoms with van der Waals surface area (Å²) in [6.45, 7) is 0.162. The van der Waals surface area contributed by atoms with Gasteiger partial charge in [0.2, 0.25) is 0 Å². The molecule has 1 fully saturated rings. The van der Waals surface area contributed by atoms with Gasteiger partial charge in [-0.15, -0.1) is 0 Å². The van der Waals surface area contributed by atoms with Crippen LogP contribution >= 0.6 is 22.6 Å². The second-order valence-corrected chi connectivity index (χ2v) is 9.77. The summed E-state index contributed by atoms with van der Waals surface area (Å²) in [6, 6.07) is 16.0. The fourth-order valence-corrected chi connectivity index (χ4v) is 4.41. The minimum atomic E-state index is -4.73. The zero-order valence-electron chi connectivity index (χ0n) is 19.7. The molecule has 0 radical (unpaired) electrons. The van der Waals surface area contributed by atoms with Crippen molar-refractivity contribution in [2.24, 2.45) is 0 Å². The topological polar surface area (TPSA) is 89.5 Å². The van der Waals surface area contributed by atoms with Crippen LogP contribution in [0.1, 0.15) is 23.2 Å². The van der Waals surface area contributed by atoms with Crippen molar-refractivity contribution in [3.05, 3.63) is 93.3 Å². The van der Waals surface area contributed by atoms with Crippen LogP contribution in [0.15, 0.2) is 72.9 Å². The number of rotatable bonds is 9. The van der Waals surface area contributed by atoms with Crippen molar-refractivity contribution in [3.63, 3.8) is 0 Å². The summed E-state index contributed by atoms with van der Waals surface area (Å²) >= 11 is 2.06. The molecule has 1 saturated heterocycles. The molecule has 2 amide bonds. The van der Waals surface area contributed by atoms with Crippen LogP contribution in [0.5, 0.6) is 5.75 Å². The zero-order valence-corrected chi connectivity index (χ0v) is 21.8. The van der Waals surface area contributed by atoms with Crippen LogP contribution in [0.3, 0.4) is 0 Å². The van der Waals surface area contributed by atoms with E-state index in [0.29, 0.717) is 5.69 Å². The number of urea groups is 1. The van der Waals surface area contributed by atoms with Gasteiger partial charge < -0.3 is 20.1 Å². The highest BCUT2D eigenvalue weighted by Gasteiger charge is 2.45. The molecule has 0 saturated carbocycles. The first-order valence-corrected chi connectivity index (χ1v) is 12.5. The van der Waals surface area contributed by atoms with Gasteiger partial charge in [-0.2, -0.15) is 17.6 Å². The lowest BCUT2D eigenvalue weighted by Crippen LogP contribution is -2.55. The van der Waals surface area contributed by atoms with E-state index in [2.05, 4.69) is 42.9 Å². The second-order valence-electron chi connectivity index (χ2n) is 8.53. The fraction of sp³-hybridized carbons (Fsp3) is 0.269. The molecule has 0 unspecified atom stereocenters. The minimum Gasteiger partial charge on any atom is -0.464 e. The standard InChI is InChI=1S/C26H22F4IN3O4/c27-23(28)26(29,30)38-19-8-4-7-17(13-19)25(14-16-5-2-1-3-6-16,21-10-9-18(31)15-32-21)34-24(36)33-20-11-12-37-22(20)35/h1-10,13,15,20,23H,11-12,14H2,(H2,33,34,36)/t20-,25+/m1/s1. The number of hydrogen-bond acceptors (Lipinski definition) is 5. The number of alkyl halides is 4. The summed E-state index contributed by atoms with van der Waals surface area (Å²) in [5.41, 5.74) is -0.166. The summed E-state index contributed by atoms with van der Waals surface area (Å²) in [7, 11) is 0. The minimum absolute atomic E-state index is 0.0959. The Labute approximate surface area is 229 Å². The summed E-state index contributed by atoms with van der Waals surface area (Å²) in [5.74, 6) is -1.11. The molecule has 2 N–H and O–H groups in total. The van der Waals surface area contributed by atoms with Gasteiger partial charge >= 0.3 is 24.5 Å². The van der Waals surface area contributed by atoms with Crippen molar-refractivity contribution in [3.8, 4) is 5.75 Å². The van der Waals surface area contributed by atoms with Gasteiger partial charge in [-0.3, -0.25) is 4.98 Å². The van der Waals surface area contributed by atoms with Crippen LogP contribution in [0.2, 0.25) is 0 Å². The van der Waals surface area contributed by atoms with Gasteiger partial charge in [0.25, 0.3) is 0 Å². The van der Waals surface area contributed by atoms with Gasteiger partial charge in [0.15, 0.2) is 0 Å². The number of ether oxygens (including phenoxy) is 2. The van der Waals surface area contributed by atoms with Crippen LogP contribution in [-0.4, -0.2) is 42.2 Å². The lowest BCUT2D eigenvalue weighted by molar-refractivity contribution is -0.253. The molecule has 7 nitrogen and oxygen atoms in total. The SMILES string of the molecule is O=C(N[C@@H]1CCOC1=O)N[C@@](Cc1ccccc1)(c1cccc(OC(F)(F)C(F)F)c1)c1ccc(I)cn1. The van der Waals surface area contributed by atoms with E-state index in [0.717, 1.165) is 21.3 Å². The fourth-order valence-electron chi connectivity index (χ4n) is 4.09. The quantitative estimate of drug-likeness (QED) is 0.194. The van der Waals surface area contributed by atoms with Crippen LogP contribution in [0, 0.1) is 3.57 Å². The van der Waals surface area contributed by atoms with Gasteiger partial charge in [0.1, 0.15) is 17.3 Å². The van der Waals surface area contributed by atoms with Crippen LogP contribution in [0.25, 0.3) is 0 Å². The highest BCUT2D eigenvalue weighted by Crippen LogP contribution is 2.36. The maximum absolute atomic E-state index is 13.7. The van der Waals surface area contributed by atoms with Crippen molar-refractivity contribution in [2.75, 3.05) is 6.61 Å². The number of nitrogens with one attached hydrogen (secondary N) is 2. The third-order valence-electron chi connectivity index (χ3n) is 5.88. The van der Waals surface area contributed by atoms with Crippen molar-refractivity contribution >= 4 is 34.6 Å². The highest BCUT2D eigenvalue weighted by molar-refractivity contribution is 14.1. The number of pyridine rings is 1. The molecule has 2 aromatic carbocycles. The molecule has 0 bridgehead atoms. The van der Waals surface area contributed by atoms with E-state index in [1.807, 2.05) is 0 Å². The Bertz CT molecular complexity index is 1280. The molecule has 38 heavy (non-hydrogen) atoms. The molecule has 1 aromatic heterocycles. The van der Waals surface area contributed by atoms with Gasteiger partial charge in [0, 0.05) is 22.6 Å². The lowest BCUT2D eigenvalue weighted by atomic mass is 9.80. The normalized spacial score (nSPS) is 17.0. The molecule has 2 heterocycles. The number of aromatic nitrogens is 1. The first-order valence-electron chi connectivity index (χ1n) is 11.5. The van der Waals surface area contributed by atoms with E-state index in [4.69, 9.17) is 4.74 Å². The van der Waals surface area contributed by atoms with E-state index in [1.165, 1.54) is 6.07 Å². The van der Waals surface area contributed by atoms with E-state index in [9.17, 15) is 27.2 Å². The average molecular weight is 643 g/mol. The van der Waals surface area contributed by atoms with Crippen molar-refractivity contribution in [1.29, 1.82) is 0 Å². The first kappa shape index (κ1) is 27.6. The van der Waals surface area contributed by atoms with Gasteiger partial charge in [0.05, 0.1) is 12.3 Å². The monoisotopic (exact) mass is 643 g/mol. The number of halogens is 5. The Kier molecular flexibility index (Phi) is 8.38. The predicted molar refractivity (Wildman–Crippen MR) is 137 cm³/mol. The Morgan fingerprint density at radius 1 is 1.13 bits per heavy atom. The summed E-state index contributed by atoms with van der Waals surface area (Å²) in [4.78, 5) is 29.7. The van der Waals surface area contributed by atoms with E-state index in [1.54, 1.807) is 54.7 Å². The smallest absolute Gasteiger partial charge is 0.461 e. The molecule has 12 heteroatoms. The summed E-state index contributed by atoms with van der Waals surface area (Å²) < 4.78 is 63.2. The van der Waals surface area contributed by atoms with Crippen LogP contribution < -0.4 is 15.4 Å². The number of nitrogens with zero attached hydrogens (tertiary/aromatic N) is 1. The van der Waals surface area contributed by atoms with E-state index in [-0.39, 0.29) is 25.0 Å². The van der Waals surface area contributed by atoms with Gasteiger partial charge in [-0.1, -0.05) is 42.5 Å². The molecule has 3 aromatic rings. The number of hydrogen-bond donors (Lipinski definition) is 2. The number of carbonyl (C=O) groups excluding carboxylic acids is 2. The van der Waals surface area contributed by atoms with Crippen LogP contribution in [0.4, 0.5) is 22.4 Å². The van der Waals surface area contributed by atoms with Crippen molar-refractivity contribution in [2.45, 2.75) is 37.0 Å². The summed E-state index contributed by atoms with van der Waals surface area (Å²) in [5, 5.41) is 5.46. The number of carbonyl (C=O) groups is 2. The highest BCUT2D eigenvalue weighted by atomic mass is 127. The molecular weight excluding hydrogens is 621 g/mol.